The highest BCUT2D eigenvalue weighted by Gasteiger charge is 2.52. The number of carbonyl (C=O) groups excluding carboxylic acids is 4. The van der Waals surface area contributed by atoms with E-state index in [-0.39, 0.29) is 35.7 Å². The lowest BCUT2D eigenvalue weighted by Gasteiger charge is -2.43. The molecule has 2 aromatic carbocycles. The predicted molar refractivity (Wildman–Crippen MR) is 162 cm³/mol. The summed E-state index contributed by atoms with van der Waals surface area (Å²) < 4.78 is 0. The van der Waals surface area contributed by atoms with Crippen molar-refractivity contribution in [1.29, 1.82) is 0 Å². The molecule has 202 valence electrons. The monoisotopic (exact) mass is 608 g/mol. The first-order chi connectivity index (χ1) is 19.0. The van der Waals surface area contributed by atoms with Crippen molar-refractivity contribution in [2.24, 2.45) is 0 Å². The third kappa shape index (κ3) is 3.70. The molecule has 4 aliphatic heterocycles. The van der Waals surface area contributed by atoms with E-state index in [9.17, 15) is 19.2 Å². The average Bonchev–Trinajstić information content (AvgIpc) is 3.31. The number of piperidine rings is 2. The first-order valence-corrected chi connectivity index (χ1v) is 13.9. The Hall–Kier alpha value is -3.72. The summed E-state index contributed by atoms with van der Waals surface area (Å²) in [5.74, 6) is -2.92. The van der Waals surface area contributed by atoms with Crippen LogP contribution in [0.1, 0.15) is 47.9 Å². The Balaban J connectivity index is 1.32. The Morgan fingerprint density at radius 3 is 1.75 bits per heavy atom. The number of anilines is 2. The maximum atomic E-state index is 13.9. The molecule has 0 saturated carbocycles. The Bertz CT molecular complexity index is 1640. The van der Waals surface area contributed by atoms with Gasteiger partial charge in [0.25, 0.3) is 11.8 Å². The van der Waals surface area contributed by atoms with Gasteiger partial charge in [0.1, 0.15) is 32.0 Å². The Labute approximate surface area is 249 Å². The van der Waals surface area contributed by atoms with Crippen molar-refractivity contribution in [1.82, 2.24) is 19.8 Å². The van der Waals surface area contributed by atoms with Gasteiger partial charge in [0.2, 0.25) is 11.8 Å². The van der Waals surface area contributed by atoms with Gasteiger partial charge in [0.05, 0.1) is 0 Å². The first-order valence-electron chi connectivity index (χ1n) is 12.3. The molecule has 4 aliphatic rings. The molecule has 40 heavy (non-hydrogen) atoms. The van der Waals surface area contributed by atoms with Crippen LogP contribution in [0.25, 0.3) is 0 Å². The number of hydrazine groups is 1. The molecule has 2 fully saturated rings. The molecule has 14 heteroatoms. The second-order valence-electron chi connectivity index (χ2n) is 9.73. The summed E-state index contributed by atoms with van der Waals surface area (Å²) >= 11 is 22.5. The van der Waals surface area contributed by atoms with Crippen LogP contribution in [0.4, 0.5) is 11.4 Å². The molecule has 2 aromatic rings. The van der Waals surface area contributed by atoms with Crippen molar-refractivity contribution >= 4 is 104 Å². The summed E-state index contributed by atoms with van der Waals surface area (Å²) in [6.45, 7) is 0. The normalized spacial score (nSPS) is 23.0. The number of nitrogen functional groups attached to an aromatic ring is 2. The number of carbonyl (C=O) groups is 4. The van der Waals surface area contributed by atoms with Crippen molar-refractivity contribution in [3.8, 4) is 0 Å². The molecular formula is C26H20N6O4S4. The largest absolute Gasteiger partial charge is 0.399 e. The minimum atomic E-state index is -1.01. The van der Waals surface area contributed by atoms with Crippen molar-refractivity contribution in [2.45, 2.75) is 37.8 Å². The van der Waals surface area contributed by atoms with Crippen LogP contribution in [0.2, 0.25) is 0 Å². The van der Waals surface area contributed by atoms with E-state index in [0.29, 0.717) is 53.6 Å². The molecule has 0 spiro atoms. The lowest BCUT2D eigenvalue weighted by Crippen LogP contribution is -2.67. The van der Waals surface area contributed by atoms with Gasteiger partial charge >= 0.3 is 0 Å². The van der Waals surface area contributed by atoms with Crippen LogP contribution in [0.5, 0.6) is 0 Å². The van der Waals surface area contributed by atoms with Crippen molar-refractivity contribution < 1.29 is 19.2 Å². The Kier molecular flexibility index (Phi) is 6.25. The molecule has 2 unspecified atom stereocenters. The molecule has 4 heterocycles. The Morgan fingerprint density at radius 1 is 0.650 bits per heavy atom. The summed E-state index contributed by atoms with van der Waals surface area (Å²) in [4.78, 5) is 58.2. The molecule has 10 nitrogen and oxygen atoms in total. The fourth-order valence-electron chi connectivity index (χ4n) is 5.58. The SMILES string of the molecule is Nc1ccc2c(c1)C(=S)N(C1CCC(=O)N(N3C(=O)CCC(N4C(=S)c5cccc(N)c5C4=S)C3=O)C1=O)C2=S. The van der Waals surface area contributed by atoms with E-state index in [1.807, 2.05) is 0 Å². The van der Waals surface area contributed by atoms with E-state index in [1.165, 1.54) is 9.80 Å². The molecule has 2 atom stereocenters. The maximum absolute atomic E-state index is 13.9. The molecule has 0 bridgehead atoms. The fraction of sp³-hybridized carbons (Fsp3) is 0.231. The van der Waals surface area contributed by atoms with Gasteiger partial charge in [-0.15, -0.1) is 0 Å². The van der Waals surface area contributed by atoms with Crippen LogP contribution in [0.3, 0.4) is 0 Å². The number of fused-ring (bicyclic) bond motifs is 2. The van der Waals surface area contributed by atoms with E-state index in [2.05, 4.69) is 0 Å². The number of nitrogens with zero attached hydrogens (tertiary/aromatic N) is 4. The zero-order chi connectivity index (χ0) is 28.6. The highest BCUT2D eigenvalue weighted by molar-refractivity contribution is 7.83. The average molecular weight is 609 g/mol. The van der Waals surface area contributed by atoms with Crippen molar-refractivity contribution in [3.05, 3.63) is 58.7 Å². The third-order valence-electron chi connectivity index (χ3n) is 7.47. The van der Waals surface area contributed by atoms with Gasteiger partial charge in [0, 0.05) is 46.5 Å². The van der Waals surface area contributed by atoms with Gasteiger partial charge in [-0.2, -0.15) is 10.0 Å². The molecule has 0 aliphatic carbocycles. The number of imide groups is 2. The molecule has 0 aromatic heterocycles. The van der Waals surface area contributed by atoms with Crippen LogP contribution in [-0.2, 0) is 19.2 Å². The van der Waals surface area contributed by atoms with Crippen molar-refractivity contribution in [2.75, 3.05) is 11.5 Å². The van der Waals surface area contributed by atoms with Gasteiger partial charge in [-0.25, -0.2) is 0 Å². The lowest BCUT2D eigenvalue weighted by atomic mass is 10.0. The molecule has 4 N–H and O–H groups in total. The van der Waals surface area contributed by atoms with Crippen LogP contribution < -0.4 is 11.5 Å². The summed E-state index contributed by atoms with van der Waals surface area (Å²) in [5, 5.41) is 1.27. The van der Waals surface area contributed by atoms with Crippen LogP contribution in [0.15, 0.2) is 36.4 Å². The minimum Gasteiger partial charge on any atom is -0.399 e. The van der Waals surface area contributed by atoms with E-state index in [4.69, 9.17) is 60.3 Å². The number of thiocarbonyl (C=S) groups is 4. The number of benzene rings is 2. The number of rotatable bonds is 3. The van der Waals surface area contributed by atoms with Crippen LogP contribution in [0, 0.1) is 0 Å². The minimum absolute atomic E-state index is 0.0962. The molecular weight excluding hydrogens is 589 g/mol. The summed E-state index contributed by atoms with van der Waals surface area (Å²) in [6, 6.07) is 8.25. The van der Waals surface area contributed by atoms with E-state index in [0.717, 1.165) is 0 Å². The second-order valence-corrected chi connectivity index (χ2v) is 11.3. The zero-order valence-corrected chi connectivity index (χ0v) is 23.9. The second kappa shape index (κ2) is 9.44. The van der Waals surface area contributed by atoms with Crippen LogP contribution >= 0.6 is 48.9 Å². The van der Waals surface area contributed by atoms with Crippen LogP contribution in [-0.4, -0.2) is 75.5 Å². The first kappa shape index (κ1) is 26.5. The van der Waals surface area contributed by atoms with Gasteiger partial charge in [-0.3, -0.25) is 19.2 Å². The van der Waals surface area contributed by atoms with Gasteiger partial charge in [-0.05, 0) is 37.1 Å². The summed E-state index contributed by atoms with van der Waals surface area (Å²) in [5.41, 5.74) is 15.4. The van der Waals surface area contributed by atoms with Gasteiger partial charge < -0.3 is 21.3 Å². The molecule has 0 radical (unpaired) electrons. The smallest absolute Gasteiger partial charge is 0.271 e. The van der Waals surface area contributed by atoms with Gasteiger partial charge in [-0.1, -0.05) is 61.0 Å². The van der Waals surface area contributed by atoms with Gasteiger partial charge in [0.15, 0.2) is 0 Å². The molecule has 6 rings (SSSR count). The zero-order valence-electron chi connectivity index (χ0n) is 20.7. The fourth-order valence-corrected chi connectivity index (χ4v) is 7.31. The standard InChI is InChI=1S/C26H20N6O4S4/c27-11-4-5-12-14(10-11)25(39)29(23(12)37)16-6-8-18(33)31(21(16)35)32-19(34)9-7-17(22(32)36)30-24(38)13-2-1-3-15(28)20(13)26(30)40/h1-5,10,16-17H,6-9,27-28H2. The molecule has 4 amide bonds. The topological polar surface area (TPSA) is 133 Å². The third-order valence-corrected chi connectivity index (χ3v) is 9.12. The number of hydrogen-bond donors (Lipinski definition) is 2. The lowest BCUT2D eigenvalue weighted by molar-refractivity contribution is -0.187. The summed E-state index contributed by atoms with van der Waals surface area (Å²) in [7, 11) is 0. The van der Waals surface area contributed by atoms with E-state index >= 15 is 0 Å². The van der Waals surface area contributed by atoms with E-state index in [1.54, 1.807) is 36.4 Å². The van der Waals surface area contributed by atoms with E-state index < -0.39 is 35.7 Å². The molecule has 2 saturated heterocycles. The summed E-state index contributed by atoms with van der Waals surface area (Å²) in [6.07, 6.45) is -0.0245. The Morgan fingerprint density at radius 2 is 1.18 bits per heavy atom. The number of nitrogens with two attached hydrogens (primary N) is 2. The number of amides is 4. The highest BCUT2D eigenvalue weighted by atomic mass is 32.1. The highest BCUT2D eigenvalue weighted by Crippen LogP contribution is 2.36. The van der Waals surface area contributed by atoms with Crippen molar-refractivity contribution in [3.63, 3.8) is 0 Å². The predicted octanol–water partition coefficient (Wildman–Crippen LogP) is 1.83. The number of hydrogen-bond acceptors (Lipinski definition) is 10. The maximum Gasteiger partial charge on any atom is 0.271 e. The quantitative estimate of drug-likeness (QED) is 0.299.